The zero-order chi connectivity index (χ0) is 17.6. The van der Waals surface area contributed by atoms with Crippen LogP contribution in [0.15, 0.2) is 48.5 Å². The first-order valence-electron chi connectivity index (χ1n) is 7.28. The summed E-state index contributed by atoms with van der Waals surface area (Å²) in [5.74, 6) is -0.0185. The average Bonchev–Trinajstić information content (AvgIpc) is 2.54. The molecule has 0 saturated carbocycles. The molecule has 2 aromatic carbocycles. The zero-order valence-corrected chi connectivity index (χ0v) is 15.6. The number of halogens is 1. The van der Waals surface area contributed by atoms with Crippen molar-refractivity contribution in [3.05, 3.63) is 65.2 Å². The first-order valence-corrected chi connectivity index (χ1v) is 10.3. The van der Waals surface area contributed by atoms with Crippen molar-refractivity contribution in [3.63, 3.8) is 0 Å². The number of carbonyl (C=O) groups is 1. The highest BCUT2D eigenvalue weighted by Crippen LogP contribution is 2.15. The second kappa shape index (κ2) is 8.41. The highest BCUT2D eigenvalue weighted by atomic mass is 79.9. The van der Waals surface area contributed by atoms with E-state index in [2.05, 4.69) is 20.7 Å². The number of nitrogens with one attached hydrogen (secondary N) is 1. The Morgan fingerprint density at radius 2 is 1.62 bits per heavy atom. The molecule has 0 amide bonds. The van der Waals surface area contributed by atoms with E-state index in [1.54, 1.807) is 36.4 Å². The molecule has 0 bridgehead atoms. The minimum atomic E-state index is -3.23. The molecule has 0 aliphatic carbocycles. The van der Waals surface area contributed by atoms with Gasteiger partial charge in [-0.25, -0.2) is 17.9 Å². The third kappa shape index (κ3) is 6.07. The summed E-state index contributed by atoms with van der Waals surface area (Å²) in [6, 6.07) is 14.0. The summed E-state index contributed by atoms with van der Waals surface area (Å²) in [5.41, 5.74) is 2.40. The van der Waals surface area contributed by atoms with Crippen LogP contribution in [0.5, 0.6) is 5.75 Å². The molecule has 7 heteroatoms. The monoisotopic (exact) mass is 411 g/mol. The lowest BCUT2D eigenvalue weighted by molar-refractivity contribution is 0.0734. The zero-order valence-electron chi connectivity index (χ0n) is 13.2. The molecule has 0 spiro atoms. The van der Waals surface area contributed by atoms with E-state index in [-0.39, 0.29) is 6.54 Å². The molecule has 0 atom stereocenters. The van der Waals surface area contributed by atoms with Crippen molar-refractivity contribution in [2.24, 2.45) is 0 Å². The van der Waals surface area contributed by atoms with Gasteiger partial charge in [0, 0.05) is 11.9 Å². The highest BCUT2D eigenvalue weighted by molar-refractivity contribution is 9.09. The Balaban J connectivity index is 1.96. The fourth-order valence-corrected chi connectivity index (χ4v) is 2.86. The van der Waals surface area contributed by atoms with Gasteiger partial charge in [0.1, 0.15) is 5.75 Å². The van der Waals surface area contributed by atoms with E-state index < -0.39 is 16.0 Å². The van der Waals surface area contributed by atoms with E-state index in [1.807, 2.05) is 12.1 Å². The van der Waals surface area contributed by atoms with Crippen LogP contribution in [0.25, 0.3) is 0 Å². The fourth-order valence-electron chi connectivity index (χ4n) is 1.97. The molecular formula is C17H18BrNO4S. The van der Waals surface area contributed by atoms with Gasteiger partial charge in [-0.15, -0.1) is 0 Å². The van der Waals surface area contributed by atoms with Crippen molar-refractivity contribution >= 4 is 31.9 Å². The van der Waals surface area contributed by atoms with Gasteiger partial charge in [-0.1, -0.05) is 40.2 Å². The van der Waals surface area contributed by atoms with Gasteiger partial charge in [0.2, 0.25) is 10.0 Å². The molecule has 24 heavy (non-hydrogen) atoms. The first kappa shape index (κ1) is 18.6. The number of rotatable bonds is 7. The van der Waals surface area contributed by atoms with Crippen LogP contribution >= 0.6 is 15.9 Å². The minimum absolute atomic E-state index is 0.197. The average molecular weight is 412 g/mol. The molecule has 2 aromatic rings. The van der Waals surface area contributed by atoms with Gasteiger partial charge in [0.05, 0.1) is 11.8 Å². The van der Waals surface area contributed by atoms with E-state index in [4.69, 9.17) is 4.74 Å². The Bertz CT molecular complexity index is 786. The fraction of sp³-hybridized carbons (Fsp3) is 0.235. The first-order chi connectivity index (χ1) is 11.4. The van der Waals surface area contributed by atoms with Crippen molar-refractivity contribution in [1.29, 1.82) is 0 Å². The van der Waals surface area contributed by atoms with Gasteiger partial charge in [-0.3, -0.25) is 0 Å². The Kier molecular flexibility index (Phi) is 6.53. The van der Waals surface area contributed by atoms with Gasteiger partial charge in [-0.2, -0.15) is 0 Å². The lowest BCUT2D eigenvalue weighted by Gasteiger charge is -2.07. The summed E-state index contributed by atoms with van der Waals surface area (Å²) >= 11 is 3.38. The van der Waals surface area contributed by atoms with Crippen LogP contribution in [-0.2, 0) is 23.0 Å². The van der Waals surface area contributed by atoms with E-state index in [0.29, 0.717) is 11.3 Å². The molecule has 0 heterocycles. The van der Waals surface area contributed by atoms with Crippen molar-refractivity contribution < 1.29 is 17.9 Å². The van der Waals surface area contributed by atoms with Crippen LogP contribution in [0.1, 0.15) is 21.5 Å². The SMILES string of the molecule is CS(=O)(=O)NCc1ccc(OC(=O)c2ccc(CCBr)cc2)cc1. The summed E-state index contributed by atoms with van der Waals surface area (Å²) in [6.07, 6.45) is 2.00. The molecule has 0 radical (unpaired) electrons. The molecule has 1 N–H and O–H groups in total. The van der Waals surface area contributed by atoms with Crippen molar-refractivity contribution in [2.75, 3.05) is 11.6 Å². The maximum atomic E-state index is 12.1. The Labute approximate surface area is 150 Å². The number of benzene rings is 2. The quantitative estimate of drug-likeness (QED) is 0.431. The van der Waals surface area contributed by atoms with Crippen molar-refractivity contribution in [1.82, 2.24) is 4.72 Å². The summed E-state index contributed by atoms with van der Waals surface area (Å²) < 4.78 is 29.8. The number of carbonyl (C=O) groups excluding carboxylic acids is 1. The van der Waals surface area contributed by atoms with Crippen LogP contribution < -0.4 is 9.46 Å². The number of aryl methyl sites for hydroxylation is 1. The molecule has 0 aliphatic rings. The molecule has 2 rings (SSSR count). The molecule has 0 unspecified atom stereocenters. The van der Waals surface area contributed by atoms with Crippen molar-refractivity contribution in [3.8, 4) is 5.75 Å². The van der Waals surface area contributed by atoms with Crippen LogP contribution in [0, 0.1) is 0 Å². The Morgan fingerprint density at radius 1 is 1.04 bits per heavy atom. The van der Waals surface area contributed by atoms with E-state index in [9.17, 15) is 13.2 Å². The van der Waals surface area contributed by atoms with Gasteiger partial charge < -0.3 is 4.74 Å². The van der Waals surface area contributed by atoms with Crippen LogP contribution in [0.3, 0.4) is 0 Å². The van der Waals surface area contributed by atoms with Gasteiger partial charge in [0.15, 0.2) is 0 Å². The van der Waals surface area contributed by atoms with Crippen LogP contribution in [-0.4, -0.2) is 26.0 Å². The van der Waals surface area contributed by atoms with E-state index in [1.165, 1.54) is 0 Å². The van der Waals surface area contributed by atoms with E-state index in [0.717, 1.165) is 29.1 Å². The van der Waals surface area contributed by atoms with Gasteiger partial charge in [0.25, 0.3) is 0 Å². The predicted octanol–water partition coefficient (Wildman–Crippen LogP) is 2.89. The predicted molar refractivity (Wildman–Crippen MR) is 97.0 cm³/mol. The smallest absolute Gasteiger partial charge is 0.343 e. The van der Waals surface area contributed by atoms with Crippen LogP contribution in [0.4, 0.5) is 0 Å². The number of hydrogen-bond acceptors (Lipinski definition) is 4. The summed E-state index contributed by atoms with van der Waals surface area (Å²) in [4.78, 5) is 12.1. The molecule has 0 aliphatic heterocycles. The van der Waals surface area contributed by atoms with Crippen LogP contribution in [0.2, 0.25) is 0 Å². The minimum Gasteiger partial charge on any atom is -0.423 e. The Hall–Kier alpha value is -1.70. The van der Waals surface area contributed by atoms with Gasteiger partial charge >= 0.3 is 5.97 Å². The number of alkyl halides is 1. The van der Waals surface area contributed by atoms with Gasteiger partial charge in [-0.05, 0) is 41.8 Å². The number of esters is 1. The molecule has 0 saturated heterocycles. The Morgan fingerprint density at radius 3 is 2.17 bits per heavy atom. The third-order valence-corrected chi connectivity index (χ3v) is 4.31. The lowest BCUT2D eigenvalue weighted by atomic mass is 10.1. The largest absolute Gasteiger partial charge is 0.423 e. The highest BCUT2D eigenvalue weighted by Gasteiger charge is 2.09. The van der Waals surface area contributed by atoms with E-state index >= 15 is 0 Å². The molecule has 0 aromatic heterocycles. The molecule has 0 fully saturated rings. The summed E-state index contributed by atoms with van der Waals surface area (Å²) in [5, 5.41) is 0.872. The second-order valence-electron chi connectivity index (χ2n) is 5.26. The topological polar surface area (TPSA) is 72.5 Å². The lowest BCUT2D eigenvalue weighted by Crippen LogP contribution is -2.21. The molecular weight excluding hydrogens is 394 g/mol. The molecule has 128 valence electrons. The summed E-state index contributed by atoms with van der Waals surface area (Å²) in [7, 11) is -3.23. The third-order valence-electron chi connectivity index (χ3n) is 3.25. The maximum absolute atomic E-state index is 12.1. The number of sulfonamides is 1. The number of ether oxygens (including phenoxy) is 1. The summed E-state index contributed by atoms with van der Waals surface area (Å²) in [6.45, 7) is 0.197. The second-order valence-corrected chi connectivity index (χ2v) is 7.89. The standard InChI is InChI=1S/C17H18BrNO4S/c1-24(21,22)19-12-14-4-8-16(9-5-14)23-17(20)15-6-2-13(3-7-15)10-11-18/h2-9,19H,10-12H2,1H3. The normalized spacial score (nSPS) is 11.2. The number of hydrogen-bond donors (Lipinski definition) is 1. The van der Waals surface area contributed by atoms with Crippen molar-refractivity contribution in [2.45, 2.75) is 13.0 Å². The molecule has 5 nitrogen and oxygen atoms in total. The maximum Gasteiger partial charge on any atom is 0.343 e.